The summed E-state index contributed by atoms with van der Waals surface area (Å²) in [5.41, 5.74) is 1.37. The van der Waals surface area contributed by atoms with Crippen LogP contribution in [0.15, 0.2) is 54.6 Å². The van der Waals surface area contributed by atoms with Crippen molar-refractivity contribution in [2.75, 3.05) is 53.2 Å². The molecule has 38 heteroatoms. The first kappa shape index (κ1) is 87.7. The van der Waals surface area contributed by atoms with Gasteiger partial charge >= 0.3 is 0 Å². The number of aliphatic hydroxyl groups excluding tert-OH is 12. The Balaban J connectivity index is 0.680. The van der Waals surface area contributed by atoms with Crippen molar-refractivity contribution in [1.29, 1.82) is 10.8 Å². The maximum Gasteiger partial charge on any atom is 0.246 e. The summed E-state index contributed by atoms with van der Waals surface area (Å²) < 4.78 is 48.5. The van der Waals surface area contributed by atoms with Crippen LogP contribution in [0.5, 0.6) is 5.75 Å². The number of hydrogen-bond acceptors (Lipinski definition) is 28. The van der Waals surface area contributed by atoms with Gasteiger partial charge < -0.3 is 152 Å². The smallest absolute Gasteiger partial charge is 0.246 e. The Labute approximate surface area is 676 Å². The van der Waals surface area contributed by atoms with E-state index < -0.39 is 239 Å². The molecule has 7 heterocycles. The first-order valence-corrected chi connectivity index (χ1v) is 41.0. The highest BCUT2D eigenvalue weighted by molar-refractivity contribution is 5.98. The summed E-state index contributed by atoms with van der Waals surface area (Å²) in [6.45, 7) is 4.50. The third-order valence-electron chi connectivity index (χ3n) is 27.7. The largest absolute Gasteiger partial charge is 0.462 e. The van der Waals surface area contributed by atoms with E-state index in [1.54, 1.807) is 37.3 Å². The lowest BCUT2D eigenvalue weighted by molar-refractivity contribution is -0.381. The minimum atomic E-state index is -2.36. The number of amides is 6. The number of nitrogens with one attached hydrogen (secondary N) is 11. The lowest BCUT2D eigenvalue weighted by atomic mass is 9.44. The summed E-state index contributed by atoms with van der Waals surface area (Å²) in [5, 5.41) is 174. The maximum absolute atomic E-state index is 15.3. The lowest BCUT2D eigenvalue weighted by Gasteiger charge is -2.61. The zero-order chi connectivity index (χ0) is 83.8. The molecule has 7 saturated heterocycles. The van der Waals surface area contributed by atoms with Gasteiger partial charge in [-0.3, -0.25) is 39.6 Å². The molecule has 2 aromatic carbocycles. The van der Waals surface area contributed by atoms with Crippen LogP contribution in [0.1, 0.15) is 115 Å². The molecule has 650 valence electrons. The molecule has 11 aliphatic rings. The van der Waals surface area contributed by atoms with Crippen LogP contribution in [-0.2, 0) is 68.3 Å². The molecule has 11 fully saturated rings. The van der Waals surface area contributed by atoms with Gasteiger partial charge in [0.1, 0.15) is 121 Å². The average Bonchev–Trinajstić information content (AvgIpc) is 1.69. The third kappa shape index (κ3) is 18.1. The summed E-state index contributed by atoms with van der Waals surface area (Å²) in [5.74, 6) is -5.29. The second-order valence-electron chi connectivity index (χ2n) is 34.4. The van der Waals surface area contributed by atoms with Gasteiger partial charge in [0.15, 0.2) is 30.7 Å². The van der Waals surface area contributed by atoms with Crippen molar-refractivity contribution in [2.45, 2.75) is 270 Å². The maximum atomic E-state index is 15.3. The normalized spacial score (nSPS) is 42.1. The van der Waals surface area contributed by atoms with Crippen molar-refractivity contribution >= 4 is 47.4 Å². The van der Waals surface area contributed by atoms with Crippen LogP contribution >= 0.6 is 0 Å². The van der Waals surface area contributed by atoms with Crippen molar-refractivity contribution in [3.8, 4) is 5.75 Å². The van der Waals surface area contributed by atoms with Crippen molar-refractivity contribution in [3.05, 3.63) is 65.7 Å². The number of carbonyl (C=O) groups excluding carboxylic acids is 6. The molecular formula is C79H118N12O26. The van der Waals surface area contributed by atoms with E-state index in [1.807, 2.05) is 7.11 Å². The topological polar surface area (TPSA) is 578 Å². The van der Waals surface area contributed by atoms with Crippen LogP contribution in [0, 0.1) is 57.2 Å². The summed E-state index contributed by atoms with van der Waals surface area (Å²) in [4.78, 5) is 88.9. The van der Waals surface area contributed by atoms with Gasteiger partial charge in [-0.05, 0) is 140 Å². The van der Waals surface area contributed by atoms with Crippen LogP contribution in [-0.4, -0.2) is 326 Å². The Hall–Kier alpha value is -7.16. The number of methoxy groups -OCH3 is 1. The van der Waals surface area contributed by atoms with Gasteiger partial charge in [0, 0.05) is 32.5 Å². The monoisotopic (exact) mass is 1650 g/mol. The molecule has 4 saturated carbocycles. The minimum Gasteiger partial charge on any atom is -0.462 e. The number of rotatable bonds is 21. The van der Waals surface area contributed by atoms with Gasteiger partial charge in [-0.15, -0.1) is 0 Å². The Morgan fingerprint density at radius 2 is 1.28 bits per heavy atom. The number of benzene rings is 2. The van der Waals surface area contributed by atoms with Crippen molar-refractivity contribution in [1.82, 2.24) is 52.8 Å². The summed E-state index contributed by atoms with van der Waals surface area (Å²) in [7, 11) is 1.86. The molecule has 35 atom stereocenters. The highest BCUT2D eigenvalue weighted by atomic mass is 16.8. The zero-order valence-electron chi connectivity index (χ0n) is 66.2. The van der Waals surface area contributed by atoms with E-state index in [0.717, 1.165) is 35.5 Å². The van der Waals surface area contributed by atoms with E-state index in [4.69, 9.17) is 48.7 Å². The minimum absolute atomic E-state index is 0.0248. The first-order valence-electron chi connectivity index (χ1n) is 41.0. The zero-order valence-corrected chi connectivity index (χ0v) is 66.2. The van der Waals surface area contributed by atoms with Gasteiger partial charge in [-0.2, -0.15) is 0 Å². The number of hydrogen-bond donors (Lipinski definition) is 23. The third-order valence-corrected chi connectivity index (χ3v) is 27.7. The van der Waals surface area contributed by atoms with E-state index in [9.17, 15) is 75.7 Å². The average molecular weight is 1650 g/mol. The second-order valence-corrected chi connectivity index (χ2v) is 34.4. The predicted molar refractivity (Wildman–Crippen MR) is 408 cm³/mol. The van der Waals surface area contributed by atoms with Gasteiger partial charge in [0.2, 0.25) is 41.7 Å². The molecule has 4 aliphatic carbocycles. The molecule has 0 radical (unpaired) electrons. The molecule has 117 heavy (non-hydrogen) atoms. The fraction of sp³-hybridized carbons (Fsp3) is 0.747. The Morgan fingerprint density at radius 3 is 1.98 bits per heavy atom. The fourth-order valence-electron chi connectivity index (χ4n) is 21.0. The summed E-state index contributed by atoms with van der Waals surface area (Å²) in [6, 6.07) is 1.07. The molecule has 38 nitrogen and oxygen atoms in total. The van der Waals surface area contributed by atoms with E-state index in [0.29, 0.717) is 41.3 Å². The van der Waals surface area contributed by atoms with Crippen LogP contribution in [0.2, 0.25) is 0 Å². The highest BCUT2D eigenvalue weighted by Gasteiger charge is 2.62. The van der Waals surface area contributed by atoms with Crippen LogP contribution < -0.4 is 52.6 Å². The van der Waals surface area contributed by atoms with E-state index >= 15 is 14.4 Å². The van der Waals surface area contributed by atoms with E-state index in [2.05, 4.69) is 68.6 Å². The molecular weight excluding hydrogens is 1530 g/mol. The molecule has 13 rings (SSSR count). The molecule has 6 amide bonds. The van der Waals surface area contributed by atoms with Crippen molar-refractivity contribution < 1.29 is 128 Å². The molecule has 2 aromatic rings. The van der Waals surface area contributed by atoms with Crippen molar-refractivity contribution in [3.63, 3.8) is 0 Å². The van der Waals surface area contributed by atoms with E-state index in [-0.39, 0.29) is 35.8 Å². The van der Waals surface area contributed by atoms with Crippen LogP contribution in [0.3, 0.4) is 0 Å². The lowest BCUT2D eigenvalue weighted by Crippen LogP contribution is -2.69. The van der Waals surface area contributed by atoms with Crippen molar-refractivity contribution in [2.24, 2.45) is 46.3 Å². The fourth-order valence-corrected chi connectivity index (χ4v) is 21.0. The molecule has 28 unspecified atom stereocenters. The molecule has 0 spiro atoms. The number of carbonyl (C=O) groups is 6. The van der Waals surface area contributed by atoms with Gasteiger partial charge in [-0.1, -0.05) is 70.2 Å². The Bertz CT molecular complexity index is 3810. The molecule has 0 bridgehead atoms. The number of fused-ring (bicyclic) bond motifs is 6. The SMILES string of the molecule is COC1CC[C@@]2(C)C(CC[C@H]3[C@@H]4CC[C@H]([C@H](C)CCC5OCC6OC(OC7C(CO)OC(Oc8ccc(CC9NC(=O)C(C(C)c%10ccccc%10)NC(=O)CNC(=O)C(CO)NC(=O)C(C(O)C%10CNC(=N)N%10C%10OC(CO)C(O)C(O)C%10O)NC(=O)C(C(O)C%10CNC(=N)N%10)NC9=O)cc8)C(O)C7O)C(O)C(O)C6O5)[C@@]4(C)CC[C@@H]32)C1. The van der Waals surface area contributed by atoms with E-state index in [1.165, 1.54) is 75.6 Å². The van der Waals surface area contributed by atoms with Gasteiger partial charge in [0.05, 0.1) is 51.2 Å². The van der Waals surface area contributed by atoms with Crippen LogP contribution in [0.25, 0.3) is 0 Å². The van der Waals surface area contributed by atoms with Gasteiger partial charge in [0.25, 0.3) is 0 Å². The van der Waals surface area contributed by atoms with Gasteiger partial charge in [-0.25, -0.2) is 0 Å². The molecule has 23 N–H and O–H groups in total. The number of aliphatic hydroxyl groups is 12. The quantitative estimate of drug-likeness (QED) is 0.0554. The number of guanidine groups is 2. The molecule has 7 aliphatic heterocycles. The second kappa shape index (κ2) is 37.0. The predicted octanol–water partition coefficient (Wildman–Crippen LogP) is -5.71. The molecule has 0 aromatic heterocycles. The Morgan fingerprint density at radius 1 is 0.607 bits per heavy atom. The first-order chi connectivity index (χ1) is 55.9. The summed E-state index contributed by atoms with van der Waals surface area (Å²) in [6.07, 6.45) is -17.5. The number of nitrogens with zero attached hydrogens (tertiary/aromatic N) is 1. The van der Waals surface area contributed by atoms with Crippen LogP contribution in [0.4, 0.5) is 0 Å². The highest BCUT2D eigenvalue weighted by Crippen LogP contribution is 2.68. The number of ether oxygens (including phenoxy) is 8. The summed E-state index contributed by atoms with van der Waals surface area (Å²) >= 11 is 0. The standard InChI is InChI=1S/C79H118N12O26/c1-34(42-18-19-43-41-17-14-38-26-40(110-5)21-23-78(38,3)44(41)22-24-79(42,43)4)11-20-53-111-33-51-67(116-53)62(101)65(104)75(115-51)117-66-50(32-94)114-74(64(103)61(66)100)112-39-15-12-36(13-16-39)25-45-69(106)89-55(57(96)46-27-83-76(80)87-46)72(109)90-56(58(97)48-28-84-77(81)91(48)73-63(102)60(99)59(98)49(31-93)113-73)71(108)86-47(30-92)68(105)82-29-52(95)88-54(70(107)85-45)35(2)37-9-7-6-8-10-37/h6-10,12-13,15-16,34-35,38,40-51,53-67,73-75,92-94,96-104H,11,14,17-33H2,1-5H3,(H2,81,84)(H,82,105)(H,85,107)(H,86,108)(H,88,95)(H,89,106)(H,90,109)(H3,80,83,87)/t34-,35?,38?,40?,41+,42-,43+,44+,45?,46?,47?,48?,49?,50?,51?,53?,54?,55?,56?,57?,58?,59?,60?,61?,62?,63?,64?,65?,66?,67?,73?,74?,75?,78+,79-/m1/s1. The Kier molecular flexibility index (Phi) is 27.8.